The maximum absolute atomic E-state index is 11.7. The van der Waals surface area contributed by atoms with Gasteiger partial charge < -0.3 is 19.8 Å². The number of esters is 1. The highest BCUT2D eigenvalue weighted by Gasteiger charge is 2.13. The maximum atomic E-state index is 11.7. The van der Waals surface area contributed by atoms with Gasteiger partial charge in [0.1, 0.15) is 11.3 Å². The third-order valence-electron chi connectivity index (χ3n) is 3.02. The number of hydrogen-bond donors (Lipinski definition) is 2. The molecule has 0 aliphatic rings. The first-order valence-corrected chi connectivity index (χ1v) is 6.84. The van der Waals surface area contributed by atoms with E-state index in [9.17, 15) is 14.4 Å². The van der Waals surface area contributed by atoms with E-state index < -0.39 is 24.0 Å². The summed E-state index contributed by atoms with van der Waals surface area (Å²) in [5.41, 5.74) is 0.177. The first-order valence-electron chi connectivity index (χ1n) is 6.84. The number of aromatic amines is 1. The van der Waals surface area contributed by atoms with Crippen molar-refractivity contribution in [3.8, 4) is 5.75 Å². The molecule has 23 heavy (non-hydrogen) atoms. The number of pyridine rings is 1. The molecule has 1 amide bonds. The summed E-state index contributed by atoms with van der Waals surface area (Å²) in [5, 5.41) is 2.61. The van der Waals surface area contributed by atoms with Crippen molar-refractivity contribution >= 4 is 11.9 Å². The van der Waals surface area contributed by atoms with Gasteiger partial charge in [0.15, 0.2) is 6.61 Å². The molecule has 0 aliphatic heterocycles. The first kappa shape index (κ1) is 16.3. The van der Waals surface area contributed by atoms with E-state index in [0.29, 0.717) is 6.54 Å². The van der Waals surface area contributed by atoms with Crippen LogP contribution in [-0.4, -0.2) is 30.6 Å². The second kappa shape index (κ2) is 7.79. The van der Waals surface area contributed by atoms with Crippen molar-refractivity contribution in [2.45, 2.75) is 6.54 Å². The van der Waals surface area contributed by atoms with Crippen molar-refractivity contribution in [1.82, 2.24) is 10.3 Å². The van der Waals surface area contributed by atoms with Gasteiger partial charge in [-0.15, -0.1) is 0 Å². The average Bonchev–Trinajstić information content (AvgIpc) is 2.58. The molecule has 1 heterocycles. The van der Waals surface area contributed by atoms with E-state index in [1.54, 1.807) is 19.2 Å². The molecule has 0 saturated heterocycles. The quantitative estimate of drug-likeness (QED) is 0.770. The molecule has 2 N–H and O–H groups in total. The molecule has 0 aliphatic carbocycles. The average molecular weight is 316 g/mol. The van der Waals surface area contributed by atoms with Crippen LogP contribution >= 0.6 is 0 Å². The zero-order valence-corrected chi connectivity index (χ0v) is 12.5. The number of methoxy groups -OCH3 is 1. The lowest BCUT2D eigenvalue weighted by Crippen LogP contribution is -2.29. The van der Waals surface area contributed by atoms with Gasteiger partial charge >= 0.3 is 5.97 Å². The minimum Gasteiger partial charge on any atom is -0.497 e. The highest BCUT2D eigenvalue weighted by molar-refractivity contribution is 5.90. The Kier molecular flexibility index (Phi) is 5.51. The molecule has 0 fully saturated rings. The molecule has 120 valence electrons. The summed E-state index contributed by atoms with van der Waals surface area (Å²) in [4.78, 5) is 37.1. The minimum absolute atomic E-state index is 0.143. The highest BCUT2D eigenvalue weighted by Crippen LogP contribution is 2.10. The molecular weight excluding hydrogens is 300 g/mol. The second-order valence-corrected chi connectivity index (χ2v) is 4.61. The maximum Gasteiger partial charge on any atom is 0.344 e. The number of benzene rings is 1. The van der Waals surface area contributed by atoms with Gasteiger partial charge in [0.05, 0.1) is 7.11 Å². The summed E-state index contributed by atoms with van der Waals surface area (Å²) in [6.07, 6.45) is 1.40. The predicted molar refractivity (Wildman–Crippen MR) is 82.2 cm³/mol. The number of amides is 1. The molecular formula is C16H16N2O5. The first-order chi connectivity index (χ1) is 11.1. The van der Waals surface area contributed by atoms with Crippen LogP contribution in [0.5, 0.6) is 5.75 Å². The number of H-pyrrole nitrogens is 1. The number of carbonyl (C=O) groups is 2. The normalized spacial score (nSPS) is 9.96. The highest BCUT2D eigenvalue weighted by atomic mass is 16.5. The van der Waals surface area contributed by atoms with E-state index in [0.717, 1.165) is 11.3 Å². The molecule has 0 atom stereocenters. The summed E-state index contributed by atoms with van der Waals surface area (Å²) in [7, 11) is 1.57. The summed E-state index contributed by atoms with van der Waals surface area (Å²) in [6, 6.07) is 10.0. The molecule has 1 aromatic heterocycles. The number of aromatic nitrogens is 1. The molecule has 0 unspecified atom stereocenters. The summed E-state index contributed by atoms with van der Waals surface area (Å²) >= 11 is 0. The molecule has 2 aromatic rings. The van der Waals surface area contributed by atoms with Crippen LogP contribution < -0.4 is 15.6 Å². The van der Waals surface area contributed by atoms with E-state index in [-0.39, 0.29) is 5.56 Å². The van der Waals surface area contributed by atoms with Crippen LogP contribution in [-0.2, 0) is 16.1 Å². The molecule has 0 saturated carbocycles. The molecule has 7 heteroatoms. The third-order valence-corrected chi connectivity index (χ3v) is 3.02. The Balaban J connectivity index is 1.79. The van der Waals surface area contributed by atoms with Crippen LogP contribution in [0.25, 0.3) is 0 Å². The van der Waals surface area contributed by atoms with E-state index in [1.165, 1.54) is 18.3 Å². The van der Waals surface area contributed by atoms with Gasteiger partial charge in [0.25, 0.3) is 11.5 Å². The number of hydrogen-bond acceptors (Lipinski definition) is 5. The van der Waals surface area contributed by atoms with Gasteiger partial charge in [-0.25, -0.2) is 4.79 Å². The van der Waals surface area contributed by atoms with Gasteiger partial charge in [-0.3, -0.25) is 9.59 Å². The molecule has 7 nitrogen and oxygen atoms in total. The summed E-state index contributed by atoms with van der Waals surface area (Å²) < 4.78 is 9.84. The van der Waals surface area contributed by atoms with E-state index in [4.69, 9.17) is 9.47 Å². The van der Waals surface area contributed by atoms with Gasteiger partial charge in [-0.2, -0.15) is 0 Å². The monoisotopic (exact) mass is 316 g/mol. The van der Waals surface area contributed by atoms with Crippen LogP contribution in [0.3, 0.4) is 0 Å². The lowest BCUT2D eigenvalue weighted by molar-refractivity contribution is -0.124. The Morgan fingerprint density at radius 1 is 1.17 bits per heavy atom. The van der Waals surface area contributed by atoms with Gasteiger partial charge in [0, 0.05) is 12.7 Å². The molecule has 0 radical (unpaired) electrons. The standard InChI is InChI=1S/C16H16N2O5/c1-22-12-6-4-11(5-7-12)9-18-14(19)10-23-16(21)13-3-2-8-17-15(13)20/h2-8H,9-10H2,1H3,(H,17,20)(H,18,19). The van der Waals surface area contributed by atoms with Crippen molar-refractivity contribution in [1.29, 1.82) is 0 Å². The number of rotatable bonds is 6. The van der Waals surface area contributed by atoms with Crippen molar-refractivity contribution < 1.29 is 19.1 Å². The van der Waals surface area contributed by atoms with Crippen molar-refractivity contribution in [2.24, 2.45) is 0 Å². The van der Waals surface area contributed by atoms with E-state index in [1.807, 2.05) is 12.1 Å². The predicted octanol–water partition coefficient (Wildman–Crippen LogP) is 0.857. The fraction of sp³-hybridized carbons (Fsp3) is 0.188. The Hall–Kier alpha value is -3.09. The van der Waals surface area contributed by atoms with Gasteiger partial charge in [0.2, 0.25) is 0 Å². The van der Waals surface area contributed by atoms with Crippen molar-refractivity contribution in [3.63, 3.8) is 0 Å². The zero-order chi connectivity index (χ0) is 16.7. The summed E-state index contributed by atoms with van der Waals surface area (Å²) in [5.74, 6) is -0.574. The van der Waals surface area contributed by atoms with Crippen LogP contribution in [0.1, 0.15) is 15.9 Å². The fourth-order valence-corrected chi connectivity index (χ4v) is 1.79. The molecule has 2 rings (SSSR count). The van der Waals surface area contributed by atoms with Gasteiger partial charge in [-0.1, -0.05) is 12.1 Å². The Bertz CT molecular complexity index is 737. The lowest BCUT2D eigenvalue weighted by atomic mass is 10.2. The van der Waals surface area contributed by atoms with Crippen LogP contribution in [0.2, 0.25) is 0 Å². The fourth-order valence-electron chi connectivity index (χ4n) is 1.79. The van der Waals surface area contributed by atoms with Crippen molar-refractivity contribution in [2.75, 3.05) is 13.7 Å². The minimum atomic E-state index is -0.841. The number of nitrogens with one attached hydrogen (secondary N) is 2. The van der Waals surface area contributed by atoms with E-state index in [2.05, 4.69) is 10.3 Å². The Morgan fingerprint density at radius 2 is 1.91 bits per heavy atom. The topological polar surface area (TPSA) is 97.5 Å². The number of carbonyl (C=O) groups excluding carboxylic acids is 2. The van der Waals surface area contributed by atoms with Crippen LogP contribution in [0.15, 0.2) is 47.4 Å². The Morgan fingerprint density at radius 3 is 2.57 bits per heavy atom. The van der Waals surface area contributed by atoms with Crippen LogP contribution in [0.4, 0.5) is 0 Å². The van der Waals surface area contributed by atoms with Gasteiger partial charge in [-0.05, 0) is 29.8 Å². The smallest absolute Gasteiger partial charge is 0.344 e. The SMILES string of the molecule is COc1ccc(CNC(=O)COC(=O)c2ccc[nH]c2=O)cc1. The van der Waals surface area contributed by atoms with Crippen molar-refractivity contribution in [3.05, 3.63) is 64.1 Å². The molecule has 0 spiro atoms. The van der Waals surface area contributed by atoms with E-state index >= 15 is 0 Å². The third kappa shape index (κ3) is 4.70. The Labute approximate surface area is 132 Å². The molecule has 1 aromatic carbocycles. The second-order valence-electron chi connectivity index (χ2n) is 4.61. The zero-order valence-electron chi connectivity index (χ0n) is 12.5. The summed E-state index contributed by atoms with van der Waals surface area (Å²) in [6.45, 7) is -0.157. The number of ether oxygens (including phenoxy) is 2. The molecule has 0 bridgehead atoms. The lowest BCUT2D eigenvalue weighted by Gasteiger charge is -2.07. The largest absolute Gasteiger partial charge is 0.497 e. The van der Waals surface area contributed by atoms with Crippen LogP contribution in [0, 0.1) is 0 Å².